The molecule has 1 heterocycles. The molecule has 4 nitrogen and oxygen atoms in total. The van der Waals surface area contributed by atoms with E-state index in [1.807, 2.05) is 26.0 Å². The van der Waals surface area contributed by atoms with Gasteiger partial charge < -0.3 is 10.4 Å². The summed E-state index contributed by atoms with van der Waals surface area (Å²) < 4.78 is 0.992. The van der Waals surface area contributed by atoms with Crippen LogP contribution in [0.3, 0.4) is 0 Å². The number of hydrogen-bond donors (Lipinski definition) is 2. The van der Waals surface area contributed by atoms with Gasteiger partial charge >= 0.3 is 0 Å². The predicted octanol–water partition coefficient (Wildman–Crippen LogP) is 2.82. The Morgan fingerprint density at radius 2 is 2.25 bits per heavy atom. The van der Waals surface area contributed by atoms with E-state index in [-0.39, 0.29) is 12.5 Å². The second kappa shape index (κ2) is 5.89. The number of hydrogen-bond acceptors (Lipinski definition) is 4. The molecule has 5 heteroatoms. The molecule has 0 radical (unpaired) electrons. The average molecular weight is 292 g/mol. The number of carbonyl (C=O) groups is 1. The van der Waals surface area contributed by atoms with Crippen molar-refractivity contribution in [1.29, 1.82) is 0 Å². The lowest BCUT2D eigenvalue weighted by Gasteiger charge is -2.25. The van der Waals surface area contributed by atoms with E-state index in [0.717, 1.165) is 10.2 Å². The first-order chi connectivity index (χ1) is 9.37. The van der Waals surface area contributed by atoms with E-state index in [2.05, 4.69) is 10.3 Å². The average Bonchev–Trinajstić information content (AvgIpc) is 2.81. The Bertz CT molecular complexity index is 605. The van der Waals surface area contributed by atoms with E-state index in [1.165, 1.54) is 11.3 Å². The maximum absolute atomic E-state index is 12.1. The van der Waals surface area contributed by atoms with Crippen molar-refractivity contribution in [3.8, 4) is 0 Å². The molecular formula is C15H20N2O2S. The van der Waals surface area contributed by atoms with Gasteiger partial charge in [0.2, 0.25) is 0 Å². The van der Waals surface area contributed by atoms with Crippen molar-refractivity contribution in [3.63, 3.8) is 0 Å². The molecule has 0 spiro atoms. The maximum atomic E-state index is 12.1. The highest BCUT2D eigenvalue weighted by Crippen LogP contribution is 2.19. The van der Waals surface area contributed by atoms with Gasteiger partial charge in [0.05, 0.1) is 21.3 Å². The second-order valence-electron chi connectivity index (χ2n) is 5.81. The number of rotatable bonds is 5. The molecule has 0 saturated carbocycles. The third-order valence-corrected chi connectivity index (χ3v) is 3.86. The summed E-state index contributed by atoms with van der Waals surface area (Å²) >= 11 is 1.51. The lowest BCUT2D eigenvalue weighted by molar-refractivity contribution is 0.0368. The van der Waals surface area contributed by atoms with Crippen molar-refractivity contribution in [2.75, 3.05) is 6.54 Å². The van der Waals surface area contributed by atoms with Crippen molar-refractivity contribution in [1.82, 2.24) is 10.3 Å². The molecular weight excluding hydrogens is 272 g/mol. The number of aliphatic hydroxyl groups is 1. The van der Waals surface area contributed by atoms with Crippen LogP contribution in [-0.2, 0) is 0 Å². The molecule has 0 aliphatic rings. The fourth-order valence-corrected chi connectivity index (χ4v) is 3.04. The maximum Gasteiger partial charge on any atom is 0.251 e. The van der Waals surface area contributed by atoms with Crippen LogP contribution in [0.4, 0.5) is 0 Å². The SMILES string of the molecule is CC(C)CC(C)(O)CNC(=O)c1ccc2ncsc2c1. The fraction of sp³-hybridized carbons (Fsp3) is 0.467. The van der Waals surface area contributed by atoms with Crippen LogP contribution in [0.1, 0.15) is 37.6 Å². The molecule has 1 amide bonds. The van der Waals surface area contributed by atoms with E-state index >= 15 is 0 Å². The molecule has 1 aromatic heterocycles. The standard InChI is InChI=1S/C15H20N2O2S/c1-10(2)7-15(3,19)8-16-14(18)11-4-5-12-13(6-11)20-9-17-12/h4-6,9-10,19H,7-8H2,1-3H3,(H,16,18). The van der Waals surface area contributed by atoms with Crippen LogP contribution < -0.4 is 5.32 Å². The van der Waals surface area contributed by atoms with Gasteiger partial charge in [-0.25, -0.2) is 4.98 Å². The Morgan fingerprint density at radius 1 is 1.50 bits per heavy atom. The predicted molar refractivity (Wildman–Crippen MR) is 82.0 cm³/mol. The van der Waals surface area contributed by atoms with Crippen molar-refractivity contribution in [2.24, 2.45) is 5.92 Å². The Morgan fingerprint density at radius 3 is 2.95 bits per heavy atom. The molecule has 2 rings (SSSR count). The van der Waals surface area contributed by atoms with Crippen molar-refractivity contribution in [3.05, 3.63) is 29.3 Å². The van der Waals surface area contributed by atoms with Crippen LogP contribution in [0.2, 0.25) is 0 Å². The highest BCUT2D eigenvalue weighted by atomic mass is 32.1. The van der Waals surface area contributed by atoms with Gasteiger partial charge in [-0.1, -0.05) is 13.8 Å². The van der Waals surface area contributed by atoms with Gasteiger partial charge in [-0.05, 0) is 37.5 Å². The zero-order valence-corrected chi connectivity index (χ0v) is 12.8. The van der Waals surface area contributed by atoms with E-state index < -0.39 is 5.60 Å². The Balaban J connectivity index is 2.01. The van der Waals surface area contributed by atoms with Crippen molar-refractivity contribution >= 4 is 27.5 Å². The van der Waals surface area contributed by atoms with Crippen LogP contribution in [0.25, 0.3) is 10.2 Å². The molecule has 2 aromatic rings. The minimum Gasteiger partial charge on any atom is -0.388 e. The third-order valence-electron chi connectivity index (χ3n) is 3.07. The molecule has 0 saturated heterocycles. The quantitative estimate of drug-likeness (QED) is 0.890. The lowest BCUT2D eigenvalue weighted by Crippen LogP contribution is -2.41. The molecule has 20 heavy (non-hydrogen) atoms. The van der Waals surface area contributed by atoms with Crippen molar-refractivity contribution < 1.29 is 9.90 Å². The number of carbonyl (C=O) groups excluding carboxylic acids is 1. The molecule has 0 aliphatic heterocycles. The van der Waals surface area contributed by atoms with Gasteiger partial charge in [-0.3, -0.25) is 4.79 Å². The minimum atomic E-state index is -0.877. The number of amides is 1. The highest BCUT2D eigenvalue weighted by molar-refractivity contribution is 7.16. The molecule has 0 bridgehead atoms. The van der Waals surface area contributed by atoms with E-state index in [4.69, 9.17) is 0 Å². The highest BCUT2D eigenvalue weighted by Gasteiger charge is 2.22. The summed E-state index contributed by atoms with van der Waals surface area (Å²) in [6.45, 7) is 6.10. The van der Waals surface area contributed by atoms with Crippen LogP contribution in [0.5, 0.6) is 0 Å². The summed E-state index contributed by atoms with van der Waals surface area (Å²) in [5.74, 6) is 0.222. The normalized spacial score (nSPS) is 14.4. The molecule has 1 atom stereocenters. The number of nitrogens with one attached hydrogen (secondary N) is 1. The first-order valence-electron chi connectivity index (χ1n) is 6.71. The van der Waals surface area contributed by atoms with Crippen molar-refractivity contribution in [2.45, 2.75) is 32.8 Å². The van der Waals surface area contributed by atoms with Gasteiger partial charge in [0.25, 0.3) is 5.91 Å². The topological polar surface area (TPSA) is 62.2 Å². The Hall–Kier alpha value is -1.46. The zero-order chi connectivity index (χ0) is 14.8. The number of fused-ring (bicyclic) bond motifs is 1. The number of thiazole rings is 1. The monoisotopic (exact) mass is 292 g/mol. The Kier molecular flexibility index (Phi) is 4.40. The summed E-state index contributed by atoms with van der Waals surface area (Å²) in [6, 6.07) is 5.43. The van der Waals surface area contributed by atoms with E-state index in [0.29, 0.717) is 17.9 Å². The molecule has 2 N–H and O–H groups in total. The van der Waals surface area contributed by atoms with Crippen LogP contribution >= 0.6 is 11.3 Å². The summed E-state index contributed by atoms with van der Waals surface area (Å²) in [4.78, 5) is 16.3. The molecule has 0 fully saturated rings. The van der Waals surface area contributed by atoms with Crippen LogP contribution in [0.15, 0.2) is 23.7 Å². The number of benzene rings is 1. The van der Waals surface area contributed by atoms with Gasteiger partial charge in [0, 0.05) is 12.1 Å². The lowest BCUT2D eigenvalue weighted by atomic mass is 9.94. The smallest absolute Gasteiger partial charge is 0.251 e. The van der Waals surface area contributed by atoms with Gasteiger partial charge in [0.1, 0.15) is 0 Å². The summed E-state index contributed by atoms with van der Waals surface area (Å²) in [5.41, 5.74) is 2.39. The largest absolute Gasteiger partial charge is 0.388 e. The first-order valence-corrected chi connectivity index (χ1v) is 7.59. The van der Waals surface area contributed by atoms with Gasteiger partial charge in [-0.2, -0.15) is 0 Å². The third kappa shape index (κ3) is 3.77. The number of aromatic nitrogens is 1. The molecule has 108 valence electrons. The van der Waals surface area contributed by atoms with E-state index in [1.54, 1.807) is 18.5 Å². The van der Waals surface area contributed by atoms with Crippen LogP contribution in [-0.4, -0.2) is 28.1 Å². The molecule has 1 unspecified atom stereocenters. The summed E-state index contributed by atoms with van der Waals surface area (Å²) in [7, 11) is 0. The van der Waals surface area contributed by atoms with Gasteiger partial charge in [-0.15, -0.1) is 11.3 Å². The molecule has 0 aliphatic carbocycles. The Labute approximate surface area is 122 Å². The number of nitrogens with zero attached hydrogens (tertiary/aromatic N) is 1. The summed E-state index contributed by atoms with van der Waals surface area (Å²) in [5, 5.41) is 13.0. The van der Waals surface area contributed by atoms with Gasteiger partial charge in [0.15, 0.2) is 0 Å². The van der Waals surface area contributed by atoms with E-state index in [9.17, 15) is 9.90 Å². The second-order valence-corrected chi connectivity index (χ2v) is 6.70. The fourth-order valence-electron chi connectivity index (χ4n) is 2.32. The molecule has 1 aromatic carbocycles. The minimum absolute atomic E-state index is 0.163. The first kappa shape index (κ1) is 14.9. The zero-order valence-electron chi connectivity index (χ0n) is 12.0. The summed E-state index contributed by atoms with van der Waals surface area (Å²) in [6.07, 6.45) is 0.654. The van der Waals surface area contributed by atoms with Crippen LogP contribution in [0, 0.1) is 5.92 Å².